The highest BCUT2D eigenvalue weighted by atomic mass is 19.4. The minimum absolute atomic E-state index is 0.0964. The summed E-state index contributed by atoms with van der Waals surface area (Å²) in [6.07, 6.45) is -2.46. The number of nitro benzene ring substituents is 1. The molecule has 4 rings (SSSR count). The van der Waals surface area contributed by atoms with Crippen molar-refractivity contribution in [1.82, 2.24) is 20.2 Å². The standard InChI is InChI=1S/C24H26F3N5O2/c1-16-22(30-23(29-16)18-5-7-19(8-6-18)24(25,26)27)15-31-11-9-20(10-12-31)28-14-17-3-2-4-21(13-17)32(33)34/h2-8,13,20,28H,9-12,14-15H2,1H3,(H,29,30). The summed E-state index contributed by atoms with van der Waals surface area (Å²) in [4.78, 5) is 20.7. The number of nitrogens with one attached hydrogen (secondary N) is 2. The SMILES string of the molecule is Cc1[nH]c(-c2ccc(C(F)(F)F)cc2)nc1CN1CCC(NCc2cccc([N+](=O)[O-])c2)CC1. The summed E-state index contributed by atoms with van der Waals surface area (Å²) in [5.41, 5.74) is 2.71. The fourth-order valence-corrected chi connectivity index (χ4v) is 4.15. The number of imidazole rings is 1. The fraction of sp³-hybridized carbons (Fsp3) is 0.375. The largest absolute Gasteiger partial charge is 0.416 e. The lowest BCUT2D eigenvalue weighted by Gasteiger charge is -2.32. The van der Waals surface area contributed by atoms with Crippen LogP contribution in [0.2, 0.25) is 0 Å². The van der Waals surface area contributed by atoms with Gasteiger partial charge in [-0.25, -0.2) is 4.98 Å². The first-order chi connectivity index (χ1) is 16.2. The molecule has 1 aromatic heterocycles. The van der Waals surface area contributed by atoms with Gasteiger partial charge in [0.2, 0.25) is 0 Å². The molecule has 7 nitrogen and oxygen atoms in total. The number of nitro groups is 1. The Morgan fingerprint density at radius 2 is 1.88 bits per heavy atom. The number of alkyl halides is 3. The number of aromatic nitrogens is 2. The molecule has 0 amide bonds. The monoisotopic (exact) mass is 473 g/mol. The average molecular weight is 473 g/mol. The molecule has 0 atom stereocenters. The van der Waals surface area contributed by atoms with Crippen LogP contribution >= 0.6 is 0 Å². The Hall–Kier alpha value is -3.24. The van der Waals surface area contributed by atoms with E-state index in [1.54, 1.807) is 12.1 Å². The van der Waals surface area contributed by atoms with E-state index in [4.69, 9.17) is 0 Å². The lowest BCUT2D eigenvalue weighted by atomic mass is 10.0. The van der Waals surface area contributed by atoms with Gasteiger partial charge in [0.25, 0.3) is 5.69 Å². The third kappa shape index (κ3) is 5.81. The number of benzene rings is 2. The van der Waals surface area contributed by atoms with Crippen LogP contribution in [0.4, 0.5) is 18.9 Å². The summed E-state index contributed by atoms with van der Waals surface area (Å²) >= 11 is 0. The molecule has 34 heavy (non-hydrogen) atoms. The number of halogens is 3. The molecule has 2 N–H and O–H groups in total. The first-order valence-corrected chi connectivity index (χ1v) is 11.1. The lowest BCUT2D eigenvalue weighted by Crippen LogP contribution is -2.42. The van der Waals surface area contributed by atoms with Crippen molar-refractivity contribution in [2.45, 2.75) is 45.1 Å². The van der Waals surface area contributed by atoms with E-state index in [-0.39, 0.29) is 10.6 Å². The van der Waals surface area contributed by atoms with Crippen molar-refractivity contribution in [2.75, 3.05) is 13.1 Å². The Bertz CT molecular complexity index is 1140. The molecule has 1 saturated heterocycles. The van der Waals surface area contributed by atoms with Gasteiger partial charge >= 0.3 is 6.18 Å². The van der Waals surface area contributed by atoms with Gasteiger partial charge in [-0.05, 0) is 37.5 Å². The van der Waals surface area contributed by atoms with E-state index in [1.165, 1.54) is 18.2 Å². The van der Waals surface area contributed by atoms with Crippen molar-refractivity contribution < 1.29 is 18.1 Å². The highest BCUT2D eigenvalue weighted by Crippen LogP contribution is 2.30. The van der Waals surface area contributed by atoms with Gasteiger partial charge < -0.3 is 10.3 Å². The van der Waals surface area contributed by atoms with Crippen LogP contribution in [0.25, 0.3) is 11.4 Å². The summed E-state index contributed by atoms with van der Waals surface area (Å²) in [6.45, 7) is 4.94. The number of hydrogen-bond acceptors (Lipinski definition) is 5. The van der Waals surface area contributed by atoms with Crippen molar-refractivity contribution in [1.29, 1.82) is 0 Å². The van der Waals surface area contributed by atoms with Gasteiger partial charge in [0.1, 0.15) is 5.82 Å². The number of H-pyrrole nitrogens is 1. The van der Waals surface area contributed by atoms with E-state index < -0.39 is 11.7 Å². The van der Waals surface area contributed by atoms with Gasteiger partial charge in [-0.1, -0.05) is 24.3 Å². The second-order valence-electron chi connectivity index (χ2n) is 8.59. The molecule has 10 heteroatoms. The van der Waals surface area contributed by atoms with Crippen LogP contribution in [0.1, 0.15) is 35.4 Å². The predicted molar refractivity (Wildman–Crippen MR) is 122 cm³/mol. The third-order valence-electron chi connectivity index (χ3n) is 6.15. The molecular weight excluding hydrogens is 447 g/mol. The second-order valence-corrected chi connectivity index (χ2v) is 8.59. The van der Waals surface area contributed by atoms with Crippen molar-refractivity contribution >= 4 is 5.69 Å². The molecule has 1 fully saturated rings. The zero-order chi connectivity index (χ0) is 24.3. The fourth-order valence-electron chi connectivity index (χ4n) is 4.15. The first-order valence-electron chi connectivity index (χ1n) is 11.1. The zero-order valence-corrected chi connectivity index (χ0v) is 18.7. The topological polar surface area (TPSA) is 87.1 Å². The maximum Gasteiger partial charge on any atom is 0.416 e. The lowest BCUT2D eigenvalue weighted by molar-refractivity contribution is -0.384. The maximum atomic E-state index is 12.8. The van der Waals surface area contributed by atoms with E-state index in [0.29, 0.717) is 30.5 Å². The van der Waals surface area contributed by atoms with Gasteiger partial charge in [0.15, 0.2) is 0 Å². The van der Waals surface area contributed by atoms with Gasteiger partial charge in [-0.3, -0.25) is 15.0 Å². The van der Waals surface area contributed by atoms with E-state index in [1.807, 2.05) is 13.0 Å². The number of hydrogen-bond donors (Lipinski definition) is 2. The Labute approximate surface area is 195 Å². The number of nitrogens with zero attached hydrogens (tertiary/aromatic N) is 3. The summed E-state index contributed by atoms with van der Waals surface area (Å²) in [5, 5.41) is 14.4. The van der Waals surface area contributed by atoms with Crippen molar-refractivity contribution in [3.63, 3.8) is 0 Å². The molecule has 0 saturated carbocycles. The molecule has 2 heterocycles. The Morgan fingerprint density at radius 3 is 2.53 bits per heavy atom. The normalized spacial score (nSPS) is 15.5. The highest BCUT2D eigenvalue weighted by Gasteiger charge is 2.30. The minimum Gasteiger partial charge on any atom is -0.342 e. The van der Waals surface area contributed by atoms with Crippen molar-refractivity contribution in [2.24, 2.45) is 0 Å². The molecular formula is C24H26F3N5O2. The number of rotatable bonds is 7. The minimum atomic E-state index is -4.36. The van der Waals surface area contributed by atoms with Crippen LogP contribution in [0.5, 0.6) is 0 Å². The Morgan fingerprint density at radius 1 is 1.18 bits per heavy atom. The van der Waals surface area contributed by atoms with E-state index in [0.717, 1.165) is 55.0 Å². The number of likely N-dealkylation sites (tertiary alicyclic amines) is 1. The molecule has 0 spiro atoms. The number of aromatic amines is 1. The highest BCUT2D eigenvalue weighted by molar-refractivity contribution is 5.56. The first kappa shape index (κ1) is 23.9. The second kappa shape index (κ2) is 9.94. The maximum absolute atomic E-state index is 12.8. The van der Waals surface area contributed by atoms with E-state index in [9.17, 15) is 23.3 Å². The van der Waals surface area contributed by atoms with Gasteiger partial charge in [0.05, 0.1) is 16.2 Å². The van der Waals surface area contributed by atoms with Crippen LogP contribution in [0.3, 0.4) is 0 Å². The quantitative estimate of drug-likeness (QED) is 0.370. The van der Waals surface area contributed by atoms with E-state index in [2.05, 4.69) is 20.2 Å². The third-order valence-corrected chi connectivity index (χ3v) is 6.15. The summed E-state index contributed by atoms with van der Waals surface area (Å²) in [6, 6.07) is 12.0. The summed E-state index contributed by atoms with van der Waals surface area (Å²) in [5.74, 6) is 0.565. The van der Waals surface area contributed by atoms with E-state index >= 15 is 0 Å². The van der Waals surface area contributed by atoms with Crippen LogP contribution in [-0.4, -0.2) is 38.9 Å². The molecule has 0 aliphatic carbocycles. The number of aryl methyl sites for hydroxylation is 1. The molecule has 2 aromatic carbocycles. The molecule has 0 radical (unpaired) electrons. The smallest absolute Gasteiger partial charge is 0.342 e. The van der Waals surface area contributed by atoms with Crippen LogP contribution in [-0.2, 0) is 19.3 Å². The van der Waals surface area contributed by atoms with Gasteiger partial charge in [-0.15, -0.1) is 0 Å². The van der Waals surface area contributed by atoms with Crippen LogP contribution < -0.4 is 5.32 Å². The molecule has 0 unspecified atom stereocenters. The van der Waals surface area contributed by atoms with Gasteiger partial charge in [-0.2, -0.15) is 13.2 Å². The van der Waals surface area contributed by atoms with Crippen molar-refractivity contribution in [3.05, 3.63) is 81.2 Å². The Kier molecular flexibility index (Phi) is 6.99. The molecule has 1 aliphatic heterocycles. The average Bonchev–Trinajstić information content (AvgIpc) is 3.18. The zero-order valence-electron chi connectivity index (χ0n) is 18.7. The van der Waals surface area contributed by atoms with Gasteiger partial charge in [0, 0.05) is 55.6 Å². The summed E-state index contributed by atoms with van der Waals surface area (Å²) < 4.78 is 38.4. The molecule has 0 bridgehead atoms. The predicted octanol–water partition coefficient (Wildman–Crippen LogP) is 5.07. The Balaban J connectivity index is 1.29. The van der Waals surface area contributed by atoms with Crippen LogP contribution in [0.15, 0.2) is 48.5 Å². The molecule has 180 valence electrons. The number of piperidine rings is 1. The van der Waals surface area contributed by atoms with Crippen LogP contribution in [0, 0.1) is 17.0 Å². The molecule has 1 aliphatic rings. The number of non-ortho nitro benzene ring substituents is 1. The molecule has 3 aromatic rings. The van der Waals surface area contributed by atoms with Crippen molar-refractivity contribution in [3.8, 4) is 11.4 Å². The summed E-state index contributed by atoms with van der Waals surface area (Å²) in [7, 11) is 0.